The van der Waals surface area contributed by atoms with Gasteiger partial charge in [-0.2, -0.15) is 0 Å². The fourth-order valence-corrected chi connectivity index (χ4v) is 2.54. The summed E-state index contributed by atoms with van der Waals surface area (Å²) in [5.74, 6) is 0.346. The molecule has 1 unspecified atom stereocenters. The summed E-state index contributed by atoms with van der Waals surface area (Å²) < 4.78 is 46.7. The molecular formula is C19H23F3N4O2. The van der Waals surface area contributed by atoms with Gasteiger partial charge in [0, 0.05) is 0 Å². The van der Waals surface area contributed by atoms with E-state index in [1.54, 1.807) is 13.2 Å². The summed E-state index contributed by atoms with van der Waals surface area (Å²) in [6.45, 7) is 0.306. The Labute approximate surface area is 161 Å². The summed E-state index contributed by atoms with van der Waals surface area (Å²) in [5, 5.41) is 2.66. The highest BCUT2D eigenvalue weighted by atomic mass is 19.4. The number of nitrogens with zero attached hydrogens (tertiary/aromatic N) is 2. The van der Waals surface area contributed by atoms with Crippen LogP contribution in [0.5, 0.6) is 11.5 Å². The number of ether oxygens (including phenoxy) is 2. The zero-order valence-corrected chi connectivity index (χ0v) is 15.8. The predicted octanol–water partition coefficient (Wildman–Crippen LogP) is 3.62. The van der Waals surface area contributed by atoms with Crippen LogP contribution in [0.25, 0.3) is 0 Å². The Bertz CT molecular complexity index is 793. The number of nitrogens with two attached hydrogens (primary N) is 1. The van der Waals surface area contributed by atoms with Gasteiger partial charge in [-0.15, -0.1) is 13.2 Å². The van der Waals surface area contributed by atoms with E-state index >= 15 is 0 Å². The molecule has 0 bridgehead atoms. The summed E-state index contributed by atoms with van der Waals surface area (Å²) >= 11 is 0. The first-order valence-corrected chi connectivity index (χ1v) is 8.41. The molecule has 2 aromatic carbocycles. The topological polar surface area (TPSA) is 72.1 Å². The van der Waals surface area contributed by atoms with Crippen LogP contribution in [-0.4, -0.2) is 45.0 Å². The number of hydrogen-bond acceptors (Lipinski definition) is 4. The standard InChI is InChI=1S/C19H23F3N4O2/c1-26(2)16(13-8-10-14(27-3)11-9-13)12-24-18(23)25-15-6-4-5-7-17(15)28-19(20,21)22/h4-11,16H,12H2,1-3H3,(H3,23,24,25). The van der Waals surface area contributed by atoms with E-state index in [2.05, 4.69) is 15.0 Å². The van der Waals surface area contributed by atoms with Gasteiger partial charge in [0.1, 0.15) is 5.75 Å². The van der Waals surface area contributed by atoms with Crippen LogP contribution in [0, 0.1) is 0 Å². The zero-order chi connectivity index (χ0) is 20.7. The molecule has 0 amide bonds. The van der Waals surface area contributed by atoms with Crippen LogP contribution in [0.1, 0.15) is 11.6 Å². The van der Waals surface area contributed by atoms with Crippen molar-refractivity contribution in [2.75, 3.05) is 33.1 Å². The second-order valence-corrected chi connectivity index (χ2v) is 6.15. The number of nitrogens with one attached hydrogen (secondary N) is 1. The first-order valence-electron chi connectivity index (χ1n) is 8.41. The van der Waals surface area contributed by atoms with Gasteiger partial charge in [-0.25, -0.2) is 0 Å². The Balaban J connectivity index is 2.12. The minimum Gasteiger partial charge on any atom is -0.497 e. The summed E-state index contributed by atoms with van der Waals surface area (Å²) in [5.41, 5.74) is 6.95. The maximum atomic E-state index is 12.5. The number of anilines is 1. The second-order valence-electron chi connectivity index (χ2n) is 6.15. The highest BCUT2D eigenvalue weighted by Gasteiger charge is 2.32. The maximum absolute atomic E-state index is 12.5. The van der Waals surface area contributed by atoms with Gasteiger partial charge in [-0.05, 0) is 43.9 Å². The highest BCUT2D eigenvalue weighted by Crippen LogP contribution is 2.29. The van der Waals surface area contributed by atoms with Crippen molar-refractivity contribution in [1.82, 2.24) is 4.90 Å². The number of aliphatic imine (C=N–C) groups is 1. The molecule has 0 fully saturated rings. The van der Waals surface area contributed by atoms with Crippen LogP contribution >= 0.6 is 0 Å². The molecule has 0 aliphatic carbocycles. The number of hydrogen-bond donors (Lipinski definition) is 2. The van der Waals surface area contributed by atoms with Gasteiger partial charge in [-0.1, -0.05) is 24.3 Å². The van der Waals surface area contributed by atoms with Crippen molar-refractivity contribution in [3.05, 3.63) is 54.1 Å². The molecule has 28 heavy (non-hydrogen) atoms. The number of halogens is 3. The van der Waals surface area contributed by atoms with Crippen LogP contribution < -0.4 is 20.5 Å². The van der Waals surface area contributed by atoms with Gasteiger partial charge in [-0.3, -0.25) is 4.99 Å². The SMILES string of the molecule is COc1ccc(C(CN=C(N)Nc2ccccc2OC(F)(F)F)N(C)C)cc1. The fourth-order valence-electron chi connectivity index (χ4n) is 2.54. The van der Waals surface area contributed by atoms with Gasteiger partial charge >= 0.3 is 6.36 Å². The Morgan fingerprint density at radius 3 is 2.36 bits per heavy atom. The second kappa shape index (κ2) is 9.32. The molecule has 9 heteroatoms. The van der Waals surface area contributed by atoms with Crippen molar-refractivity contribution in [2.45, 2.75) is 12.4 Å². The third-order valence-electron chi connectivity index (χ3n) is 3.93. The Hall–Kier alpha value is -2.94. The molecule has 152 valence electrons. The minimum absolute atomic E-state index is 0.0152. The first-order chi connectivity index (χ1) is 13.2. The number of para-hydroxylation sites is 2. The van der Waals surface area contributed by atoms with E-state index in [1.807, 2.05) is 43.3 Å². The monoisotopic (exact) mass is 396 g/mol. The molecular weight excluding hydrogens is 373 g/mol. The average molecular weight is 396 g/mol. The van der Waals surface area contributed by atoms with E-state index in [9.17, 15) is 13.2 Å². The van der Waals surface area contributed by atoms with Gasteiger partial charge in [0.25, 0.3) is 0 Å². The van der Waals surface area contributed by atoms with Crippen LogP contribution in [0.4, 0.5) is 18.9 Å². The largest absolute Gasteiger partial charge is 0.573 e. The van der Waals surface area contributed by atoms with E-state index in [1.165, 1.54) is 18.2 Å². The van der Waals surface area contributed by atoms with Gasteiger partial charge < -0.3 is 25.4 Å². The molecule has 0 spiro atoms. The van der Waals surface area contributed by atoms with Gasteiger partial charge in [0.15, 0.2) is 11.7 Å². The average Bonchev–Trinajstić information content (AvgIpc) is 2.62. The number of alkyl halides is 3. The molecule has 3 N–H and O–H groups in total. The first kappa shape index (κ1) is 21.4. The summed E-state index contributed by atoms with van der Waals surface area (Å²) in [7, 11) is 5.40. The van der Waals surface area contributed by atoms with Crippen LogP contribution in [-0.2, 0) is 0 Å². The lowest BCUT2D eigenvalue weighted by atomic mass is 10.1. The molecule has 0 aliphatic heterocycles. The highest BCUT2D eigenvalue weighted by molar-refractivity contribution is 5.93. The normalized spacial score (nSPS) is 13.3. The molecule has 2 rings (SSSR count). The third-order valence-corrected chi connectivity index (χ3v) is 3.93. The molecule has 0 saturated carbocycles. The summed E-state index contributed by atoms with van der Waals surface area (Å²) in [6, 6.07) is 13.1. The van der Waals surface area contributed by atoms with Crippen molar-refractivity contribution < 1.29 is 22.6 Å². The molecule has 1 atom stereocenters. The number of guanidine groups is 1. The molecule has 6 nitrogen and oxygen atoms in total. The number of likely N-dealkylation sites (N-methyl/N-ethyl adjacent to an activating group) is 1. The smallest absolute Gasteiger partial charge is 0.497 e. The lowest BCUT2D eigenvalue weighted by Gasteiger charge is -2.23. The van der Waals surface area contributed by atoms with E-state index < -0.39 is 6.36 Å². The quantitative estimate of drug-likeness (QED) is 0.553. The summed E-state index contributed by atoms with van der Waals surface area (Å²) in [6.07, 6.45) is -4.80. The Morgan fingerprint density at radius 1 is 1.14 bits per heavy atom. The third kappa shape index (κ3) is 6.34. The number of methoxy groups -OCH3 is 1. The summed E-state index contributed by atoms with van der Waals surface area (Å²) in [4.78, 5) is 6.24. The Morgan fingerprint density at radius 2 is 1.79 bits per heavy atom. The van der Waals surface area contributed by atoms with Crippen molar-refractivity contribution in [3.63, 3.8) is 0 Å². The predicted molar refractivity (Wildman–Crippen MR) is 103 cm³/mol. The molecule has 0 saturated heterocycles. The van der Waals surface area contributed by atoms with Gasteiger partial charge in [0.05, 0.1) is 25.4 Å². The zero-order valence-electron chi connectivity index (χ0n) is 15.8. The van der Waals surface area contributed by atoms with Gasteiger partial charge in [0.2, 0.25) is 0 Å². The van der Waals surface area contributed by atoms with Crippen molar-refractivity contribution in [3.8, 4) is 11.5 Å². The van der Waals surface area contributed by atoms with Crippen molar-refractivity contribution in [1.29, 1.82) is 0 Å². The Kier molecular flexibility index (Phi) is 7.11. The fraction of sp³-hybridized carbons (Fsp3) is 0.316. The van der Waals surface area contributed by atoms with Crippen LogP contribution in [0.2, 0.25) is 0 Å². The lowest BCUT2D eigenvalue weighted by molar-refractivity contribution is -0.274. The number of rotatable bonds is 7. The van der Waals surface area contributed by atoms with E-state index in [0.29, 0.717) is 6.54 Å². The van der Waals surface area contributed by atoms with Crippen molar-refractivity contribution in [2.24, 2.45) is 10.7 Å². The molecule has 0 aromatic heterocycles. The molecule has 0 radical (unpaired) electrons. The van der Waals surface area contributed by atoms with E-state index in [4.69, 9.17) is 10.5 Å². The lowest BCUT2D eigenvalue weighted by Crippen LogP contribution is -2.28. The number of benzene rings is 2. The molecule has 2 aromatic rings. The van der Waals surface area contributed by atoms with Crippen molar-refractivity contribution >= 4 is 11.6 Å². The van der Waals surface area contributed by atoms with E-state index in [0.717, 1.165) is 11.3 Å². The molecule has 0 heterocycles. The van der Waals surface area contributed by atoms with Crippen LogP contribution in [0.3, 0.4) is 0 Å². The van der Waals surface area contributed by atoms with E-state index in [-0.39, 0.29) is 23.4 Å². The maximum Gasteiger partial charge on any atom is 0.573 e. The minimum atomic E-state index is -4.80. The van der Waals surface area contributed by atoms with Crippen LogP contribution in [0.15, 0.2) is 53.5 Å². The molecule has 0 aliphatic rings.